The molecule has 0 saturated heterocycles. The molecular formula is C12H14F4N2O. The molecule has 0 aromatic heterocycles. The standard InChI is InChI=1S/C12H14F4N2O/c1-17-11(19)3-2-6-18-10-7-8(12(14,15)16)4-5-9(10)13/h4-5,7,18H,2-3,6H2,1H3,(H,17,19). The molecule has 0 radical (unpaired) electrons. The maximum Gasteiger partial charge on any atom is 0.416 e. The van der Waals surface area contributed by atoms with Gasteiger partial charge in [-0.25, -0.2) is 4.39 Å². The maximum absolute atomic E-state index is 13.3. The molecule has 0 atom stereocenters. The van der Waals surface area contributed by atoms with Crippen molar-refractivity contribution in [1.29, 1.82) is 0 Å². The second kappa shape index (κ2) is 6.40. The molecule has 0 aliphatic heterocycles. The normalized spacial score (nSPS) is 11.2. The van der Waals surface area contributed by atoms with E-state index in [1.54, 1.807) is 0 Å². The molecule has 1 amide bonds. The van der Waals surface area contributed by atoms with Crippen molar-refractivity contribution in [1.82, 2.24) is 5.32 Å². The van der Waals surface area contributed by atoms with Crippen LogP contribution in [0.4, 0.5) is 23.2 Å². The van der Waals surface area contributed by atoms with Crippen molar-refractivity contribution in [3.8, 4) is 0 Å². The molecule has 1 rings (SSSR count). The highest BCUT2D eigenvalue weighted by Gasteiger charge is 2.31. The minimum atomic E-state index is -4.51. The molecule has 0 unspecified atom stereocenters. The van der Waals surface area contributed by atoms with Gasteiger partial charge in [-0.05, 0) is 24.6 Å². The van der Waals surface area contributed by atoms with Crippen LogP contribution in [0.2, 0.25) is 0 Å². The molecule has 0 bridgehead atoms. The van der Waals surface area contributed by atoms with Gasteiger partial charge in [-0.3, -0.25) is 4.79 Å². The number of anilines is 1. The lowest BCUT2D eigenvalue weighted by Crippen LogP contribution is -2.18. The minimum Gasteiger partial charge on any atom is -0.383 e. The average Bonchev–Trinajstić information content (AvgIpc) is 2.34. The van der Waals surface area contributed by atoms with Gasteiger partial charge in [0.1, 0.15) is 5.82 Å². The summed E-state index contributed by atoms with van der Waals surface area (Å²) in [6.45, 7) is 0.214. The summed E-state index contributed by atoms with van der Waals surface area (Å²) in [4.78, 5) is 10.9. The SMILES string of the molecule is CNC(=O)CCCNc1cc(C(F)(F)F)ccc1F. The van der Waals surface area contributed by atoms with Gasteiger partial charge in [-0.2, -0.15) is 13.2 Å². The van der Waals surface area contributed by atoms with Crippen molar-refractivity contribution >= 4 is 11.6 Å². The van der Waals surface area contributed by atoms with Gasteiger partial charge in [0, 0.05) is 20.0 Å². The van der Waals surface area contributed by atoms with E-state index in [-0.39, 0.29) is 24.6 Å². The molecule has 0 saturated carbocycles. The van der Waals surface area contributed by atoms with E-state index in [9.17, 15) is 22.4 Å². The van der Waals surface area contributed by atoms with Crippen LogP contribution in [0.5, 0.6) is 0 Å². The Kier molecular flexibility index (Phi) is 5.14. The third kappa shape index (κ3) is 4.76. The van der Waals surface area contributed by atoms with Crippen LogP contribution in [0, 0.1) is 5.82 Å². The molecule has 19 heavy (non-hydrogen) atoms. The number of alkyl halides is 3. The van der Waals surface area contributed by atoms with E-state index in [0.717, 1.165) is 12.1 Å². The Morgan fingerprint density at radius 1 is 1.32 bits per heavy atom. The zero-order valence-electron chi connectivity index (χ0n) is 10.3. The van der Waals surface area contributed by atoms with Gasteiger partial charge in [-0.15, -0.1) is 0 Å². The Bertz CT molecular complexity index is 446. The number of carbonyl (C=O) groups excluding carboxylic acids is 1. The monoisotopic (exact) mass is 278 g/mol. The van der Waals surface area contributed by atoms with E-state index in [1.807, 2.05) is 0 Å². The van der Waals surface area contributed by atoms with Gasteiger partial charge >= 0.3 is 6.18 Å². The fraction of sp³-hybridized carbons (Fsp3) is 0.417. The second-order valence-electron chi connectivity index (χ2n) is 3.90. The number of carbonyl (C=O) groups is 1. The molecule has 0 fully saturated rings. The van der Waals surface area contributed by atoms with Crippen molar-refractivity contribution in [3.05, 3.63) is 29.6 Å². The summed E-state index contributed by atoms with van der Waals surface area (Å²) in [5.74, 6) is -0.931. The summed E-state index contributed by atoms with van der Waals surface area (Å²) in [7, 11) is 1.49. The van der Waals surface area contributed by atoms with Gasteiger partial charge in [0.25, 0.3) is 0 Å². The number of amides is 1. The fourth-order valence-electron chi connectivity index (χ4n) is 1.43. The Hall–Kier alpha value is -1.79. The Morgan fingerprint density at radius 2 is 2.00 bits per heavy atom. The predicted octanol–water partition coefficient (Wildman–Crippen LogP) is 2.78. The summed E-state index contributed by atoms with van der Waals surface area (Å²) >= 11 is 0. The summed E-state index contributed by atoms with van der Waals surface area (Å²) < 4.78 is 50.6. The topological polar surface area (TPSA) is 41.1 Å². The Morgan fingerprint density at radius 3 is 2.58 bits per heavy atom. The van der Waals surface area contributed by atoms with E-state index in [4.69, 9.17) is 0 Å². The average molecular weight is 278 g/mol. The van der Waals surface area contributed by atoms with Crippen LogP contribution in [0.15, 0.2) is 18.2 Å². The zero-order valence-corrected chi connectivity index (χ0v) is 10.3. The van der Waals surface area contributed by atoms with Crippen LogP contribution in [0.3, 0.4) is 0 Å². The second-order valence-corrected chi connectivity index (χ2v) is 3.90. The van der Waals surface area contributed by atoms with Gasteiger partial charge < -0.3 is 10.6 Å². The van der Waals surface area contributed by atoms with Crippen molar-refractivity contribution in [3.63, 3.8) is 0 Å². The molecular weight excluding hydrogens is 264 g/mol. The predicted molar refractivity (Wildman–Crippen MR) is 63.2 cm³/mol. The number of nitrogens with one attached hydrogen (secondary N) is 2. The number of halogens is 4. The summed E-state index contributed by atoms with van der Waals surface area (Å²) in [6.07, 6.45) is -3.88. The highest BCUT2D eigenvalue weighted by molar-refractivity contribution is 5.75. The molecule has 7 heteroatoms. The first-order valence-corrected chi connectivity index (χ1v) is 5.66. The maximum atomic E-state index is 13.3. The molecule has 0 aliphatic carbocycles. The van der Waals surface area contributed by atoms with Crippen LogP contribution in [0.1, 0.15) is 18.4 Å². The molecule has 0 aliphatic rings. The third-order valence-electron chi connectivity index (χ3n) is 2.47. The highest BCUT2D eigenvalue weighted by atomic mass is 19.4. The molecule has 1 aromatic carbocycles. The lowest BCUT2D eigenvalue weighted by atomic mass is 10.2. The van der Waals surface area contributed by atoms with Gasteiger partial charge in [0.05, 0.1) is 11.3 Å². The van der Waals surface area contributed by atoms with Gasteiger partial charge in [-0.1, -0.05) is 0 Å². The van der Waals surface area contributed by atoms with Gasteiger partial charge in [0.2, 0.25) is 5.91 Å². The van der Waals surface area contributed by atoms with Crippen molar-refractivity contribution in [2.24, 2.45) is 0 Å². The van der Waals surface area contributed by atoms with Gasteiger partial charge in [0.15, 0.2) is 0 Å². The summed E-state index contributed by atoms with van der Waals surface area (Å²) in [5, 5.41) is 4.96. The van der Waals surface area contributed by atoms with E-state index in [1.165, 1.54) is 7.05 Å². The minimum absolute atomic E-state index is 0.175. The first kappa shape index (κ1) is 15.3. The first-order chi connectivity index (χ1) is 8.84. The molecule has 3 nitrogen and oxygen atoms in total. The van der Waals surface area contributed by atoms with Crippen molar-refractivity contribution < 1.29 is 22.4 Å². The number of hydrogen-bond acceptors (Lipinski definition) is 2. The molecule has 0 heterocycles. The van der Waals surface area contributed by atoms with Crippen molar-refractivity contribution in [2.75, 3.05) is 18.9 Å². The summed E-state index contributed by atoms with van der Waals surface area (Å²) in [5.41, 5.74) is -1.13. The zero-order chi connectivity index (χ0) is 14.5. The third-order valence-corrected chi connectivity index (χ3v) is 2.47. The lowest BCUT2D eigenvalue weighted by Gasteiger charge is -2.11. The van der Waals surface area contributed by atoms with Crippen LogP contribution >= 0.6 is 0 Å². The van der Waals surface area contributed by atoms with Crippen LogP contribution in [-0.2, 0) is 11.0 Å². The van der Waals surface area contributed by atoms with E-state index in [2.05, 4.69) is 10.6 Å². The first-order valence-electron chi connectivity index (χ1n) is 5.66. The molecule has 1 aromatic rings. The van der Waals surface area contributed by atoms with Crippen LogP contribution in [-0.4, -0.2) is 19.5 Å². The van der Waals surface area contributed by atoms with Crippen LogP contribution < -0.4 is 10.6 Å². The number of rotatable bonds is 5. The lowest BCUT2D eigenvalue weighted by molar-refractivity contribution is -0.137. The van der Waals surface area contributed by atoms with E-state index < -0.39 is 17.6 Å². The molecule has 2 N–H and O–H groups in total. The largest absolute Gasteiger partial charge is 0.416 e. The summed E-state index contributed by atoms with van der Waals surface area (Å²) in [6, 6.07) is 2.17. The fourth-order valence-corrected chi connectivity index (χ4v) is 1.43. The quantitative estimate of drug-likeness (QED) is 0.642. The van der Waals surface area contributed by atoms with Crippen molar-refractivity contribution in [2.45, 2.75) is 19.0 Å². The number of hydrogen-bond donors (Lipinski definition) is 2. The smallest absolute Gasteiger partial charge is 0.383 e. The molecule has 106 valence electrons. The Balaban J connectivity index is 2.60. The highest BCUT2D eigenvalue weighted by Crippen LogP contribution is 2.31. The molecule has 0 spiro atoms. The van der Waals surface area contributed by atoms with E-state index in [0.29, 0.717) is 12.5 Å². The Labute approximate surface area is 108 Å². The van der Waals surface area contributed by atoms with Crippen LogP contribution in [0.25, 0.3) is 0 Å². The van der Waals surface area contributed by atoms with E-state index >= 15 is 0 Å². The number of benzene rings is 1.